The standard InChI is InChI=1S/C11H15BrO2/c1-11(2,7-13)8-14-10-6-4-3-5-9(10)12/h3-6,13H,7-8H2,1-2H3. The van der Waals surface area contributed by atoms with Crippen LogP contribution in [0, 0.1) is 5.41 Å². The summed E-state index contributed by atoms with van der Waals surface area (Å²) in [7, 11) is 0. The third-order valence-corrected chi connectivity index (χ3v) is 2.54. The van der Waals surface area contributed by atoms with Crippen molar-refractivity contribution < 1.29 is 9.84 Å². The molecule has 0 atom stereocenters. The molecule has 0 fully saturated rings. The van der Waals surface area contributed by atoms with Crippen molar-refractivity contribution in [1.29, 1.82) is 0 Å². The number of para-hydroxylation sites is 1. The maximum absolute atomic E-state index is 9.05. The third kappa shape index (κ3) is 3.31. The van der Waals surface area contributed by atoms with E-state index in [9.17, 15) is 0 Å². The molecule has 3 heteroatoms. The molecule has 1 rings (SSSR count). The molecular formula is C11H15BrO2. The van der Waals surface area contributed by atoms with Crippen molar-refractivity contribution in [3.63, 3.8) is 0 Å². The largest absolute Gasteiger partial charge is 0.492 e. The summed E-state index contributed by atoms with van der Waals surface area (Å²) in [4.78, 5) is 0. The Morgan fingerprint density at radius 2 is 2.00 bits per heavy atom. The highest BCUT2D eigenvalue weighted by Crippen LogP contribution is 2.25. The van der Waals surface area contributed by atoms with E-state index in [1.807, 2.05) is 38.1 Å². The minimum Gasteiger partial charge on any atom is -0.492 e. The van der Waals surface area contributed by atoms with Gasteiger partial charge in [-0.2, -0.15) is 0 Å². The smallest absolute Gasteiger partial charge is 0.133 e. The van der Waals surface area contributed by atoms with Crippen molar-refractivity contribution in [3.8, 4) is 5.75 Å². The molecule has 1 aromatic rings. The molecule has 1 aromatic carbocycles. The zero-order valence-corrected chi connectivity index (χ0v) is 10.0. The lowest BCUT2D eigenvalue weighted by molar-refractivity contribution is 0.0972. The van der Waals surface area contributed by atoms with Crippen LogP contribution in [-0.4, -0.2) is 18.3 Å². The number of halogens is 1. The van der Waals surface area contributed by atoms with Crippen LogP contribution in [0.4, 0.5) is 0 Å². The molecule has 0 heterocycles. The van der Waals surface area contributed by atoms with Crippen LogP contribution in [0.1, 0.15) is 13.8 Å². The average molecular weight is 259 g/mol. The highest BCUT2D eigenvalue weighted by Gasteiger charge is 2.17. The molecule has 0 saturated carbocycles. The molecule has 2 nitrogen and oxygen atoms in total. The van der Waals surface area contributed by atoms with Crippen molar-refractivity contribution in [2.75, 3.05) is 13.2 Å². The summed E-state index contributed by atoms with van der Waals surface area (Å²) in [5.41, 5.74) is -0.199. The normalized spacial score (nSPS) is 11.4. The minimum atomic E-state index is -0.199. The van der Waals surface area contributed by atoms with Gasteiger partial charge in [-0.15, -0.1) is 0 Å². The Morgan fingerprint density at radius 1 is 1.36 bits per heavy atom. The van der Waals surface area contributed by atoms with Gasteiger partial charge in [0, 0.05) is 5.41 Å². The summed E-state index contributed by atoms with van der Waals surface area (Å²) in [6.45, 7) is 4.55. The topological polar surface area (TPSA) is 29.5 Å². The van der Waals surface area contributed by atoms with Crippen molar-refractivity contribution in [1.82, 2.24) is 0 Å². The van der Waals surface area contributed by atoms with Gasteiger partial charge in [-0.1, -0.05) is 26.0 Å². The van der Waals surface area contributed by atoms with Gasteiger partial charge in [0.1, 0.15) is 5.75 Å². The van der Waals surface area contributed by atoms with Crippen LogP contribution in [0.3, 0.4) is 0 Å². The van der Waals surface area contributed by atoms with E-state index >= 15 is 0 Å². The fourth-order valence-corrected chi connectivity index (χ4v) is 1.28. The van der Waals surface area contributed by atoms with Gasteiger partial charge in [-0.05, 0) is 28.1 Å². The first-order valence-electron chi connectivity index (χ1n) is 4.53. The summed E-state index contributed by atoms with van der Waals surface area (Å²) >= 11 is 3.40. The van der Waals surface area contributed by atoms with E-state index in [1.165, 1.54) is 0 Å². The minimum absolute atomic E-state index is 0.122. The fraction of sp³-hybridized carbons (Fsp3) is 0.455. The average Bonchev–Trinajstić information content (AvgIpc) is 2.17. The number of rotatable bonds is 4. The lowest BCUT2D eigenvalue weighted by Gasteiger charge is -2.22. The highest BCUT2D eigenvalue weighted by molar-refractivity contribution is 9.10. The van der Waals surface area contributed by atoms with Gasteiger partial charge in [0.15, 0.2) is 0 Å². The molecular weight excluding hydrogens is 244 g/mol. The Morgan fingerprint density at radius 3 is 2.57 bits per heavy atom. The maximum Gasteiger partial charge on any atom is 0.133 e. The van der Waals surface area contributed by atoms with Crippen LogP contribution in [0.5, 0.6) is 5.75 Å². The second kappa shape index (κ2) is 4.80. The predicted molar refractivity (Wildman–Crippen MR) is 60.5 cm³/mol. The molecule has 0 saturated heterocycles. The Bertz CT molecular complexity index is 297. The van der Waals surface area contributed by atoms with Gasteiger partial charge in [-0.25, -0.2) is 0 Å². The van der Waals surface area contributed by atoms with E-state index in [4.69, 9.17) is 9.84 Å². The molecule has 1 N–H and O–H groups in total. The van der Waals surface area contributed by atoms with Crippen LogP contribution >= 0.6 is 15.9 Å². The predicted octanol–water partition coefficient (Wildman–Crippen LogP) is 2.85. The molecule has 0 radical (unpaired) electrons. The monoisotopic (exact) mass is 258 g/mol. The Hall–Kier alpha value is -0.540. The van der Waals surface area contributed by atoms with Crippen LogP contribution in [0.2, 0.25) is 0 Å². The molecule has 14 heavy (non-hydrogen) atoms. The molecule has 0 aromatic heterocycles. The molecule has 0 aliphatic heterocycles. The summed E-state index contributed by atoms with van der Waals surface area (Å²) in [5.74, 6) is 0.814. The van der Waals surface area contributed by atoms with E-state index in [-0.39, 0.29) is 12.0 Å². The van der Waals surface area contributed by atoms with Crippen molar-refractivity contribution in [2.45, 2.75) is 13.8 Å². The van der Waals surface area contributed by atoms with Crippen molar-refractivity contribution >= 4 is 15.9 Å². The SMILES string of the molecule is CC(C)(CO)COc1ccccc1Br. The first kappa shape index (κ1) is 11.5. The van der Waals surface area contributed by atoms with Crippen molar-refractivity contribution in [3.05, 3.63) is 28.7 Å². The van der Waals surface area contributed by atoms with Crippen LogP contribution < -0.4 is 4.74 Å². The first-order chi connectivity index (χ1) is 6.55. The highest BCUT2D eigenvalue weighted by atomic mass is 79.9. The summed E-state index contributed by atoms with van der Waals surface area (Å²) < 4.78 is 6.52. The Kier molecular flexibility index (Phi) is 3.96. The molecule has 0 spiro atoms. The molecule has 78 valence electrons. The van der Waals surface area contributed by atoms with E-state index in [0.717, 1.165) is 10.2 Å². The van der Waals surface area contributed by atoms with Gasteiger partial charge < -0.3 is 9.84 Å². The lowest BCUT2D eigenvalue weighted by Crippen LogP contribution is -2.25. The van der Waals surface area contributed by atoms with E-state index < -0.39 is 0 Å². The van der Waals surface area contributed by atoms with Gasteiger partial charge in [0.05, 0.1) is 17.7 Å². The molecule has 0 aliphatic carbocycles. The number of aliphatic hydroxyl groups is 1. The zero-order chi connectivity index (χ0) is 10.6. The Balaban J connectivity index is 2.58. The fourth-order valence-electron chi connectivity index (χ4n) is 0.881. The number of hydrogen-bond donors (Lipinski definition) is 1. The van der Waals surface area contributed by atoms with Gasteiger partial charge in [-0.3, -0.25) is 0 Å². The van der Waals surface area contributed by atoms with E-state index in [2.05, 4.69) is 15.9 Å². The number of ether oxygens (including phenoxy) is 1. The van der Waals surface area contributed by atoms with Crippen LogP contribution in [0.25, 0.3) is 0 Å². The Labute approximate surface area is 93.0 Å². The number of aliphatic hydroxyl groups excluding tert-OH is 1. The third-order valence-electron chi connectivity index (χ3n) is 1.88. The summed E-state index contributed by atoms with van der Waals surface area (Å²) in [6, 6.07) is 7.69. The second-order valence-corrected chi connectivity index (χ2v) is 4.90. The molecule has 0 amide bonds. The second-order valence-electron chi connectivity index (χ2n) is 4.04. The van der Waals surface area contributed by atoms with Crippen molar-refractivity contribution in [2.24, 2.45) is 5.41 Å². The van der Waals surface area contributed by atoms with Gasteiger partial charge in [0.25, 0.3) is 0 Å². The molecule has 0 aliphatic rings. The van der Waals surface area contributed by atoms with Gasteiger partial charge in [0.2, 0.25) is 0 Å². The molecule has 0 unspecified atom stereocenters. The quantitative estimate of drug-likeness (QED) is 0.900. The van der Waals surface area contributed by atoms with E-state index in [0.29, 0.717) is 6.61 Å². The summed E-state index contributed by atoms with van der Waals surface area (Å²) in [6.07, 6.45) is 0. The number of hydrogen-bond acceptors (Lipinski definition) is 2. The zero-order valence-electron chi connectivity index (χ0n) is 8.46. The summed E-state index contributed by atoms with van der Waals surface area (Å²) in [5, 5.41) is 9.05. The van der Waals surface area contributed by atoms with Crippen LogP contribution in [0.15, 0.2) is 28.7 Å². The first-order valence-corrected chi connectivity index (χ1v) is 5.33. The maximum atomic E-state index is 9.05. The van der Waals surface area contributed by atoms with Crippen LogP contribution in [-0.2, 0) is 0 Å². The lowest BCUT2D eigenvalue weighted by atomic mass is 9.97. The molecule has 0 bridgehead atoms. The van der Waals surface area contributed by atoms with Gasteiger partial charge >= 0.3 is 0 Å². The number of benzene rings is 1. The van der Waals surface area contributed by atoms with E-state index in [1.54, 1.807) is 0 Å².